The molecule has 0 spiro atoms. The van der Waals surface area contributed by atoms with Crippen LogP contribution in [0.25, 0.3) is 87.3 Å². The van der Waals surface area contributed by atoms with Crippen LogP contribution in [0.2, 0.25) is 0 Å². The van der Waals surface area contributed by atoms with E-state index in [2.05, 4.69) is 205 Å². The van der Waals surface area contributed by atoms with Crippen molar-refractivity contribution in [1.82, 2.24) is 0 Å². The van der Waals surface area contributed by atoms with Gasteiger partial charge in [0.25, 0.3) is 0 Å². The van der Waals surface area contributed by atoms with Crippen molar-refractivity contribution in [1.29, 1.82) is 0 Å². The lowest BCUT2D eigenvalue weighted by atomic mass is 9.90. The summed E-state index contributed by atoms with van der Waals surface area (Å²) >= 11 is 0. The third-order valence-electron chi connectivity index (χ3n) is 11.0. The van der Waals surface area contributed by atoms with Gasteiger partial charge in [0.15, 0.2) is 0 Å². The summed E-state index contributed by atoms with van der Waals surface area (Å²) in [5, 5.41) is 12.1. The second-order valence-electron chi connectivity index (χ2n) is 14.1. The molecule has 11 aromatic rings. The van der Waals surface area contributed by atoms with Crippen LogP contribution in [0.15, 0.2) is 205 Å². The van der Waals surface area contributed by atoms with Gasteiger partial charge in [-0.25, -0.2) is 0 Å². The number of anilines is 3. The van der Waals surface area contributed by atoms with Gasteiger partial charge in [-0.15, -0.1) is 0 Å². The van der Waals surface area contributed by atoms with Crippen LogP contribution in [0, 0.1) is 0 Å². The van der Waals surface area contributed by atoms with Crippen molar-refractivity contribution in [3.63, 3.8) is 0 Å². The third kappa shape index (κ3) is 4.88. The Balaban J connectivity index is 1.13. The molecule has 0 radical (unpaired) electrons. The molecule has 0 N–H and O–H groups in total. The van der Waals surface area contributed by atoms with Gasteiger partial charge in [0, 0.05) is 33.6 Å². The normalized spacial score (nSPS) is 11.7. The maximum Gasteiger partial charge on any atom is 0.137 e. The summed E-state index contributed by atoms with van der Waals surface area (Å²) in [6, 6.07) is 72.3. The molecule has 10 aromatic carbocycles. The molecule has 252 valence electrons. The molecule has 0 unspecified atom stereocenters. The summed E-state index contributed by atoms with van der Waals surface area (Å²) in [6.45, 7) is 0. The molecule has 0 amide bonds. The Hall–Kier alpha value is -7.16. The molecule has 0 aliphatic rings. The minimum atomic E-state index is 0.868. The molecular weight excluding hydrogens is 655 g/mol. The molecule has 0 saturated carbocycles. The van der Waals surface area contributed by atoms with Crippen LogP contribution in [0.3, 0.4) is 0 Å². The molecule has 0 bridgehead atoms. The lowest BCUT2D eigenvalue weighted by Crippen LogP contribution is -2.10. The quantitative estimate of drug-likeness (QED) is 0.168. The van der Waals surface area contributed by atoms with Gasteiger partial charge in [-0.3, -0.25) is 0 Å². The van der Waals surface area contributed by atoms with Crippen molar-refractivity contribution >= 4 is 82.1 Å². The Morgan fingerprint density at radius 1 is 0.296 bits per heavy atom. The van der Waals surface area contributed by atoms with Crippen molar-refractivity contribution in [3.05, 3.63) is 200 Å². The van der Waals surface area contributed by atoms with Crippen LogP contribution >= 0.6 is 0 Å². The van der Waals surface area contributed by atoms with E-state index in [1.54, 1.807) is 0 Å². The molecular formula is C52H33NO. The van der Waals surface area contributed by atoms with E-state index in [1.165, 1.54) is 65.3 Å². The van der Waals surface area contributed by atoms with Gasteiger partial charge in [-0.05, 0) is 108 Å². The molecule has 1 aromatic heterocycles. The fourth-order valence-corrected chi connectivity index (χ4v) is 8.44. The summed E-state index contributed by atoms with van der Waals surface area (Å²) in [5.74, 6) is 0. The van der Waals surface area contributed by atoms with E-state index in [-0.39, 0.29) is 0 Å². The standard InChI is InChI=1S/C52H33NO/c1-2-12-34(13-3-1)35-22-24-39(25-23-35)53(40-26-27-47-49-30-36-14-4-5-15-37(36)32-51(49)54-52(47)33-40)50-29-28-45(43-19-10-11-21-46(43)50)48-31-38-16-6-7-17-41(38)42-18-8-9-20-44(42)48/h1-33H. The van der Waals surface area contributed by atoms with E-state index in [4.69, 9.17) is 4.42 Å². The Bertz CT molecular complexity index is 3210. The largest absolute Gasteiger partial charge is 0.456 e. The first-order valence-electron chi connectivity index (χ1n) is 18.5. The molecule has 11 rings (SSSR count). The van der Waals surface area contributed by atoms with E-state index in [0.29, 0.717) is 0 Å². The van der Waals surface area contributed by atoms with E-state index in [0.717, 1.165) is 39.0 Å². The number of benzene rings is 10. The Morgan fingerprint density at radius 3 is 1.65 bits per heavy atom. The van der Waals surface area contributed by atoms with Gasteiger partial charge >= 0.3 is 0 Å². The SMILES string of the molecule is c1ccc(-c2ccc(N(c3ccc4c(c3)oc3cc5ccccc5cc34)c3ccc(-c4cc5ccccc5c5ccccc45)c4ccccc34)cc2)cc1. The lowest BCUT2D eigenvalue weighted by Gasteiger charge is -2.28. The minimum absolute atomic E-state index is 0.868. The topological polar surface area (TPSA) is 16.4 Å². The fourth-order valence-electron chi connectivity index (χ4n) is 8.44. The Labute approximate surface area is 312 Å². The zero-order valence-corrected chi connectivity index (χ0v) is 29.4. The van der Waals surface area contributed by atoms with Crippen molar-refractivity contribution in [2.24, 2.45) is 0 Å². The summed E-state index contributed by atoms with van der Waals surface area (Å²) in [4.78, 5) is 2.38. The van der Waals surface area contributed by atoms with Gasteiger partial charge in [0.05, 0.1) is 5.69 Å². The molecule has 0 atom stereocenters. The molecule has 2 nitrogen and oxygen atoms in total. The van der Waals surface area contributed by atoms with Crippen molar-refractivity contribution in [3.8, 4) is 22.3 Å². The van der Waals surface area contributed by atoms with Gasteiger partial charge in [0.1, 0.15) is 11.2 Å². The highest BCUT2D eigenvalue weighted by molar-refractivity contribution is 6.18. The summed E-state index contributed by atoms with van der Waals surface area (Å²) in [5.41, 5.74) is 9.82. The first kappa shape index (κ1) is 30.5. The average Bonchev–Trinajstić information content (AvgIpc) is 3.60. The van der Waals surface area contributed by atoms with Crippen LogP contribution in [-0.2, 0) is 0 Å². The average molecular weight is 688 g/mol. The van der Waals surface area contributed by atoms with Crippen molar-refractivity contribution < 1.29 is 4.42 Å². The predicted octanol–water partition coefficient (Wildman–Crippen LogP) is 15.0. The number of hydrogen-bond acceptors (Lipinski definition) is 2. The smallest absolute Gasteiger partial charge is 0.137 e. The second kappa shape index (κ2) is 12.2. The highest BCUT2D eigenvalue weighted by atomic mass is 16.3. The highest BCUT2D eigenvalue weighted by Crippen LogP contribution is 2.45. The lowest BCUT2D eigenvalue weighted by molar-refractivity contribution is 0.669. The molecule has 0 saturated heterocycles. The number of furan rings is 1. The number of nitrogens with zero attached hydrogens (tertiary/aromatic N) is 1. The maximum absolute atomic E-state index is 6.61. The number of fused-ring (bicyclic) bond motifs is 8. The summed E-state index contributed by atoms with van der Waals surface area (Å²) in [7, 11) is 0. The molecule has 1 heterocycles. The van der Waals surface area contributed by atoms with Crippen LogP contribution in [-0.4, -0.2) is 0 Å². The van der Waals surface area contributed by atoms with E-state index < -0.39 is 0 Å². The zero-order chi connectivity index (χ0) is 35.6. The molecule has 0 aliphatic carbocycles. The molecule has 0 aliphatic heterocycles. The van der Waals surface area contributed by atoms with Crippen LogP contribution in [0.4, 0.5) is 17.1 Å². The van der Waals surface area contributed by atoms with Crippen molar-refractivity contribution in [2.75, 3.05) is 4.90 Å². The Morgan fingerprint density at radius 2 is 0.870 bits per heavy atom. The van der Waals surface area contributed by atoms with Crippen LogP contribution in [0.1, 0.15) is 0 Å². The number of hydrogen-bond donors (Lipinski definition) is 0. The molecule has 54 heavy (non-hydrogen) atoms. The van der Waals surface area contributed by atoms with Gasteiger partial charge in [-0.1, -0.05) is 146 Å². The first-order chi connectivity index (χ1) is 26.8. The summed E-state index contributed by atoms with van der Waals surface area (Å²) < 4.78 is 6.61. The van der Waals surface area contributed by atoms with Crippen molar-refractivity contribution in [2.45, 2.75) is 0 Å². The van der Waals surface area contributed by atoms with Gasteiger partial charge < -0.3 is 9.32 Å². The molecule has 0 fully saturated rings. The predicted molar refractivity (Wildman–Crippen MR) is 229 cm³/mol. The molecule has 2 heteroatoms. The first-order valence-corrected chi connectivity index (χ1v) is 18.5. The number of rotatable bonds is 5. The zero-order valence-electron chi connectivity index (χ0n) is 29.4. The fraction of sp³-hybridized carbons (Fsp3) is 0. The van der Waals surface area contributed by atoms with Gasteiger partial charge in [0.2, 0.25) is 0 Å². The van der Waals surface area contributed by atoms with E-state index in [1.807, 2.05) is 0 Å². The van der Waals surface area contributed by atoms with E-state index in [9.17, 15) is 0 Å². The maximum atomic E-state index is 6.61. The minimum Gasteiger partial charge on any atom is -0.456 e. The second-order valence-corrected chi connectivity index (χ2v) is 14.1. The van der Waals surface area contributed by atoms with Gasteiger partial charge in [-0.2, -0.15) is 0 Å². The third-order valence-corrected chi connectivity index (χ3v) is 11.0. The Kier molecular flexibility index (Phi) is 6.90. The summed E-state index contributed by atoms with van der Waals surface area (Å²) in [6.07, 6.45) is 0. The van der Waals surface area contributed by atoms with Crippen LogP contribution in [0.5, 0.6) is 0 Å². The van der Waals surface area contributed by atoms with E-state index >= 15 is 0 Å². The van der Waals surface area contributed by atoms with Crippen LogP contribution < -0.4 is 4.90 Å². The monoisotopic (exact) mass is 687 g/mol. The highest BCUT2D eigenvalue weighted by Gasteiger charge is 2.20.